The monoisotopic (exact) mass is 416 g/mol. The smallest absolute Gasteiger partial charge is 0.0775 e. The third-order valence-electron chi connectivity index (χ3n) is 7.03. The van der Waals surface area contributed by atoms with Crippen molar-refractivity contribution in [2.45, 2.75) is 65.8 Å². The number of para-hydroxylation sites is 2. The van der Waals surface area contributed by atoms with Gasteiger partial charge in [0, 0.05) is 19.0 Å². The Hall–Kier alpha value is -2.48. The summed E-state index contributed by atoms with van der Waals surface area (Å²) in [6, 6.07) is 8.73. The Morgan fingerprint density at radius 1 is 1.16 bits per heavy atom. The lowest BCUT2D eigenvalue weighted by Gasteiger charge is -2.49. The van der Waals surface area contributed by atoms with Crippen molar-refractivity contribution >= 4 is 11.4 Å². The Balaban J connectivity index is 2.19. The number of nitrogens with one attached hydrogen (secondary N) is 1. The van der Waals surface area contributed by atoms with Crippen LogP contribution in [0.15, 0.2) is 83.5 Å². The average molecular weight is 417 g/mol. The molecule has 2 heteroatoms. The van der Waals surface area contributed by atoms with Crippen LogP contribution < -0.4 is 10.2 Å². The molecule has 0 fully saturated rings. The summed E-state index contributed by atoms with van der Waals surface area (Å²) in [5.74, 6) is 0. The van der Waals surface area contributed by atoms with Gasteiger partial charge in [-0.2, -0.15) is 0 Å². The van der Waals surface area contributed by atoms with E-state index in [0.29, 0.717) is 0 Å². The van der Waals surface area contributed by atoms with Crippen LogP contribution in [0.4, 0.5) is 11.4 Å². The van der Waals surface area contributed by atoms with Crippen LogP contribution in [0.25, 0.3) is 0 Å². The molecule has 1 aromatic rings. The molecule has 1 aromatic carbocycles. The maximum Gasteiger partial charge on any atom is 0.0775 e. The molecule has 2 aliphatic carbocycles. The molecule has 31 heavy (non-hydrogen) atoms. The average Bonchev–Trinajstić information content (AvgIpc) is 2.76. The number of nitrogens with zero attached hydrogens (tertiary/aromatic N) is 1. The van der Waals surface area contributed by atoms with Gasteiger partial charge in [0.2, 0.25) is 0 Å². The molecule has 0 aromatic heterocycles. The molecule has 0 spiro atoms. The van der Waals surface area contributed by atoms with E-state index in [1.165, 1.54) is 16.9 Å². The number of allylic oxidation sites excluding steroid dienone is 7. The van der Waals surface area contributed by atoms with Gasteiger partial charge in [0.05, 0.1) is 16.9 Å². The summed E-state index contributed by atoms with van der Waals surface area (Å²) in [6.07, 6.45) is 20.4. The SMILES string of the molecule is CC=CCCN(c1ccccc1NC)C1(C)C=C(C)CC(C2(C)C=CC=CC2)=C1CC. The molecule has 0 amide bonds. The molecule has 0 aliphatic heterocycles. The van der Waals surface area contributed by atoms with Crippen LogP contribution >= 0.6 is 0 Å². The fraction of sp³-hybridized carbons (Fsp3) is 0.448. The predicted molar refractivity (Wildman–Crippen MR) is 138 cm³/mol. The fourth-order valence-corrected chi connectivity index (χ4v) is 5.51. The van der Waals surface area contributed by atoms with Crippen molar-refractivity contribution in [3.8, 4) is 0 Å². The topological polar surface area (TPSA) is 15.3 Å². The van der Waals surface area contributed by atoms with Crippen molar-refractivity contribution in [2.75, 3.05) is 23.8 Å². The van der Waals surface area contributed by atoms with Gasteiger partial charge in [0.1, 0.15) is 0 Å². The van der Waals surface area contributed by atoms with Gasteiger partial charge < -0.3 is 10.2 Å². The summed E-state index contributed by atoms with van der Waals surface area (Å²) in [5.41, 5.74) is 7.05. The Kier molecular flexibility index (Phi) is 7.30. The minimum atomic E-state index is -0.154. The van der Waals surface area contributed by atoms with Gasteiger partial charge in [-0.25, -0.2) is 0 Å². The highest BCUT2D eigenvalue weighted by Gasteiger charge is 2.41. The van der Waals surface area contributed by atoms with Gasteiger partial charge in [0.15, 0.2) is 0 Å². The molecule has 2 unspecified atom stereocenters. The summed E-state index contributed by atoms with van der Waals surface area (Å²) in [4.78, 5) is 2.63. The first-order chi connectivity index (χ1) is 14.9. The minimum Gasteiger partial charge on any atom is -0.386 e. The standard InChI is InChI=1S/C29H40N2/c1-7-9-15-20-31(27-17-12-11-16-26(27)30-6)29(5)22-23(3)21-25(24(29)8-2)28(4)18-13-10-14-19-28/h7,9-14,16-18,22,30H,8,15,19-21H2,1-6H3. The molecule has 2 nitrogen and oxygen atoms in total. The maximum absolute atomic E-state index is 3.43. The summed E-state index contributed by atoms with van der Waals surface area (Å²) in [5, 5.41) is 3.43. The van der Waals surface area contributed by atoms with Crippen LogP contribution in [0.1, 0.15) is 60.3 Å². The Bertz CT molecular complexity index is 930. The molecular weight excluding hydrogens is 376 g/mol. The van der Waals surface area contributed by atoms with Crippen molar-refractivity contribution in [1.29, 1.82) is 0 Å². The molecule has 0 radical (unpaired) electrons. The Morgan fingerprint density at radius 2 is 1.94 bits per heavy atom. The molecule has 0 bridgehead atoms. The van der Waals surface area contributed by atoms with Gasteiger partial charge in [0.25, 0.3) is 0 Å². The van der Waals surface area contributed by atoms with Crippen molar-refractivity contribution in [1.82, 2.24) is 0 Å². The van der Waals surface area contributed by atoms with Crippen LogP contribution in [-0.4, -0.2) is 19.1 Å². The number of rotatable bonds is 8. The van der Waals surface area contributed by atoms with E-state index in [4.69, 9.17) is 0 Å². The lowest BCUT2D eigenvalue weighted by molar-refractivity contribution is 0.459. The summed E-state index contributed by atoms with van der Waals surface area (Å²) in [7, 11) is 2.02. The van der Waals surface area contributed by atoms with Crippen molar-refractivity contribution in [3.63, 3.8) is 0 Å². The van der Waals surface area contributed by atoms with Gasteiger partial charge >= 0.3 is 0 Å². The van der Waals surface area contributed by atoms with E-state index in [-0.39, 0.29) is 11.0 Å². The van der Waals surface area contributed by atoms with Gasteiger partial charge in [-0.3, -0.25) is 0 Å². The lowest BCUT2D eigenvalue weighted by atomic mass is 9.66. The lowest BCUT2D eigenvalue weighted by Crippen LogP contribution is -2.50. The first-order valence-corrected chi connectivity index (χ1v) is 11.8. The van der Waals surface area contributed by atoms with Crippen molar-refractivity contribution in [3.05, 3.63) is 83.5 Å². The summed E-state index contributed by atoms with van der Waals surface area (Å²) >= 11 is 0. The van der Waals surface area contributed by atoms with E-state index in [0.717, 1.165) is 32.2 Å². The third-order valence-corrected chi connectivity index (χ3v) is 7.03. The molecule has 1 N–H and O–H groups in total. The number of anilines is 2. The van der Waals surface area contributed by atoms with Gasteiger partial charge in [-0.1, -0.05) is 79.7 Å². The highest BCUT2D eigenvalue weighted by atomic mass is 15.2. The van der Waals surface area contributed by atoms with E-state index in [1.54, 1.807) is 11.1 Å². The first kappa shape index (κ1) is 23.2. The molecular formula is C29H40N2. The van der Waals surface area contributed by atoms with E-state index < -0.39 is 0 Å². The van der Waals surface area contributed by atoms with Crippen LogP contribution in [0.2, 0.25) is 0 Å². The van der Waals surface area contributed by atoms with Crippen molar-refractivity contribution < 1.29 is 0 Å². The Labute approximate surface area is 190 Å². The molecule has 2 aliphatic rings. The van der Waals surface area contributed by atoms with E-state index in [1.807, 2.05) is 7.05 Å². The number of benzene rings is 1. The zero-order valence-electron chi connectivity index (χ0n) is 20.3. The maximum atomic E-state index is 3.43. The molecule has 2 atom stereocenters. The van der Waals surface area contributed by atoms with E-state index in [2.05, 4.69) is 112 Å². The summed E-state index contributed by atoms with van der Waals surface area (Å²) < 4.78 is 0. The number of hydrogen-bond acceptors (Lipinski definition) is 2. The molecule has 0 heterocycles. The quantitative estimate of drug-likeness (QED) is 0.434. The van der Waals surface area contributed by atoms with Crippen LogP contribution in [-0.2, 0) is 0 Å². The third kappa shape index (κ3) is 4.59. The highest BCUT2D eigenvalue weighted by Crippen LogP contribution is 2.49. The zero-order chi connectivity index (χ0) is 22.5. The second kappa shape index (κ2) is 9.77. The van der Waals surface area contributed by atoms with Crippen LogP contribution in [0.3, 0.4) is 0 Å². The van der Waals surface area contributed by atoms with Gasteiger partial charge in [-0.05, 0) is 64.2 Å². The predicted octanol–water partition coefficient (Wildman–Crippen LogP) is 7.84. The number of hydrogen-bond donors (Lipinski definition) is 1. The first-order valence-electron chi connectivity index (χ1n) is 11.8. The van der Waals surface area contributed by atoms with Crippen LogP contribution in [0.5, 0.6) is 0 Å². The summed E-state index contributed by atoms with van der Waals surface area (Å²) in [6.45, 7) is 12.6. The minimum absolute atomic E-state index is 0.0917. The normalized spacial score (nSPS) is 25.8. The highest BCUT2D eigenvalue weighted by molar-refractivity contribution is 5.73. The van der Waals surface area contributed by atoms with Crippen molar-refractivity contribution in [2.24, 2.45) is 5.41 Å². The van der Waals surface area contributed by atoms with E-state index >= 15 is 0 Å². The fourth-order valence-electron chi connectivity index (χ4n) is 5.51. The van der Waals surface area contributed by atoms with Gasteiger partial charge in [-0.15, -0.1) is 0 Å². The molecule has 0 saturated carbocycles. The molecule has 3 rings (SSSR count). The zero-order valence-corrected chi connectivity index (χ0v) is 20.3. The Morgan fingerprint density at radius 3 is 2.58 bits per heavy atom. The van der Waals surface area contributed by atoms with E-state index in [9.17, 15) is 0 Å². The van der Waals surface area contributed by atoms with Crippen LogP contribution in [0, 0.1) is 5.41 Å². The second-order valence-corrected chi connectivity index (χ2v) is 9.31. The molecule has 166 valence electrons. The second-order valence-electron chi connectivity index (χ2n) is 9.31. The largest absolute Gasteiger partial charge is 0.386 e. The molecule has 0 saturated heterocycles.